The molecule has 1 atom stereocenters. The molecule has 10 nitrogen and oxygen atoms in total. The van der Waals surface area contributed by atoms with Crippen LogP contribution in [0.3, 0.4) is 0 Å². The van der Waals surface area contributed by atoms with Crippen LogP contribution in [0.1, 0.15) is 6.42 Å². The van der Waals surface area contributed by atoms with E-state index in [0.29, 0.717) is 24.4 Å². The molecule has 26 heavy (non-hydrogen) atoms. The first-order valence-corrected chi connectivity index (χ1v) is 10.8. The predicted molar refractivity (Wildman–Crippen MR) is 93.6 cm³/mol. The maximum absolute atomic E-state index is 12.9. The molecule has 1 saturated heterocycles. The quantitative estimate of drug-likeness (QED) is 0.666. The highest BCUT2D eigenvalue weighted by Gasteiger charge is 2.33. The molecule has 0 spiro atoms. The van der Waals surface area contributed by atoms with E-state index in [1.165, 1.54) is 16.4 Å². The molecule has 0 bridgehead atoms. The topological polar surface area (TPSA) is 138 Å². The first-order chi connectivity index (χ1) is 12.3. The van der Waals surface area contributed by atoms with E-state index < -0.39 is 20.0 Å². The van der Waals surface area contributed by atoms with Crippen molar-refractivity contribution in [2.45, 2.75) is 11.3 Å². The molecule has 0 amide bonds. The van der Waals surface area contributed by atoms with Crippen molar-refractivity contribution in [3.8, 4) is 11.4 Å². The Morgan fingerprint density at radius 1 is 1.35 bits per heavy atom. The Hall–Kier alpha value is -2.15. The summed E-state index contributed by atoms with van der Waals surface area (Å²) in [6.45, 7) is 3.97. The maximum Gasteiger partial charge on any atom is 0.243 e. The molecule has 140 valence electrons. The van der Waals surface area contributed by atoms with E-state index in [2.05, 4.69) is 31.9 Å². The van der Waals surface area contributed by atoms with Gasteiger partial charge in [0, 0.05) is 30.6 Å². The standard InChI is InChI=1S/C14H18N6O4S2/c1-2-25(21,22)15-9-11-6-7-20(10-11)26(23,24)13-5-3-4-12(8-13)14-16-18-19-17-14/h2-5,8,11,15H,1,6-7,9-10H2,(H,16,17,18,19). The van der Waals surface area contributed by atoms with E-state index in [-0.39, 0.29) is 23.9 Å². The lowest BCUT2D eigenvalue weighted by Gasteiger charge is -2.17. The number of nitrogens with zero attached hydrogens (tertiary/aromatic N) is 4. The molecule has 1 aromatic heterocycles. The van der Waals surface area contributed by atoms with Gasteiger partial charge in [0.05, 0.1) is 4.90 Å². The molecule has 1 fully saturated rings. The van der Waals surface area contributed by atoms with Crippen LogP contribution in [0.15, 0.2) is 41.1 Å². The predicted octanol–water partition coefficient (Wildman–Crippen LogP) is -0.0598. The normalized spacial score (nSPS) is 18.8. The Bertz CT molecular complexity index is 988. The van der Waals surface area contributed by atoms with E-state index in [4.69, 9.17) is 0 Å². The zero-order valence-corrected chi connectivity index (χ0v) is 15.4. The molecule has 12 heteroatoms. The number of H-pyrrole nitrogens is 1. The largest absolute Gasteiger partial charge is 0.243 e. The van der Waals surface area contributed by atoms with E-state index in [9.17, 15) is 16.8 Å². The fourth-order valence-corrected chi connectivity index (χ4v) is 4.87. The van der Waals surface area contributed by atoms with Gasteiger partial charge in [0.15, 0.2) is 5.82 Å². The van der Waals surface area contributed by atoms with Gasteiger partial charge in [-0.1, -0.05) is 18.7 Å². The Morgan fingerprint density at radius 3 is 2.85 bits per heavy atom. The van der Waals surface area contributed by atoms with Crippen LogP contribution in [-0.4, -0.2) is 61.4 Å². The smallest absolute Gasteiger partial charge is 0.239 e. The van der Waals surface area contributed by atoms with Crippen molar-refractivity contribution in [1.82, 2.24) is 29.7 Å². The number of nitrogens with one attached hydrogen (secondary N) is 2. The van der Waals surface area contributed by atoms with Crippen molar-refractivity contribution in [2.24, 2.45) is 5.92 Å². The van der Waals surface area contributed by atoms with Crippen molar-refractivity contribution in [2.75, 3.05) is 19.6 Å². The number of rotatable bonds is 7. The van der Waals surface area contributed by atoms with Crippen LogP contribution in [0.5, 0.6) is 0 Å². The van der Waals surface area contributed by atoms with Gasteiger partial charge in [-0.25, -0.2) is 26.7 Å². The van der Waals surface area contributed by atoms with Crippen molar-refractivity contribution >= 4 is 20.0 Å². The lowest BCUT2D eigenvalue weighted by molar-refractivity contribution is 0.455. The summed E-state index contributed by atoms with van der Waals surface area (Å²) in [5.74, 6) is 0.279. The molecule has 1 aromatic carbocycles. The molecule has 1 aliphatic rings. The maximum atomic E-state index is 12.9. The summed E-state index contributed by atoms with van der Waals surface area (Å²) in [6, 6.07) is 6.34. The lowest BCUT2D eigenvalue weighted by Crippen LogP contribution is -2.32. The minimum atomic E-state index is -3.69. The number of hydrogen-bond acceptors (Lipinski definition) is 7. The van der Waals surface area contributed by atoms with Crippen LogP contribution < -0.4 is 4.72 Å². The average molecular weight is 398 g/mol. The summed E-state index contributed by atoms with van der Waals surface area (Å²) in [5, 5.41) is 14.2. The number of aromatic nitrogens is 4. The molecule has 2 N–H and O–H groups in total. The van der Waals surface area contributed by atoms with Gasteiger partial charge in [-0.15, -0.1) is 5.10 Å². The van der Waals surface area contributed by atoms with Crippen molar-refractivity contribution in [1.29, 1.82) is 0 Å². The van der Waals surface area contributed by atoms with Gasteiger partial charge in [-0.3, -0.25) is 0 Å². The number of benzene rings is 1. The molecule has 3 rings (SSSR count). The first-order valence-electron chi connectivity index (χ1n) is 7.78. The van der Waals surface area contributed by atoms with Crippen LogP contribution in [-0.2, 0) is 20.0 Å². The second-order valence-electron chi connectivity index (χ2n) is 5.86. The highest BCUT2D eigenvalue weighted by Crippen LogP contribution is 2.26. The van der Waals surface area contributed by atoms with Crippen LogP contribution in [0.25, 0.3) is 11.4 Å². The second kappa shape index (κ2) is 7.23. The van der Waals surface area contributed by atoms with E-state index >= 15 is 0 Å². The summed E-state index contributed by atoms with van der Waals surface area (Å²) in [7, 11) is -7.21. The second-order valence-corrected chi connectivity index (χ2v) is 9.51. The van der Waals surface area contributed by atoms with Crippen molar-refractivity contribution < 1.29 is 16.8 Å². The van der Waals surface area contributed by atoms with Crippen molar-refractivity contribution in [3.63, 3.8) is 0 Å². The summed E-state index contributed by atoms with van der Waals surface area (Å²) < 4.78 is 52.3. The lowest BCUT2D eigenvalue weighted by atomic mass is 10.1. The fourth-order valence-electron chi connectivity index (χ4n) is 2.71. The molecule has 0 aliphatic carbocycles. The minimum absolute atomic E-state index is 0.0962. The highest BCUT2D eigenvalue weighted by atomic mass is 32.2. The SMILES string of the molecule is C=CS(=O)(=O)NCC1CCN(S(=O)(=O)c2cccc(-c3nnn[nH]3)c2)C1. The Morgan fingerprint density at radius 2 is 2.15 bits per heavy atom. The van der Waals surface area contributed by atoms with Gasteiger partial charge >= 0.3 is 0 Å². The van der Waals surface area contributed by atoms with Crippen LogP contribution in [0, 0.1) is 5.92 Å². The molecule has 0 radical (unpaired) electrons. The van der Waals surface area contributed by atoms with Crippen molar-refractivity contribution in [3.05, 3.63) is 36.3 Å². The molecule has 1 aliphatic heterocycles. The highest BCUT2D eigenvalue weighted by molar-refractivity contribution is 7.92. The Balaban J connectivity index is 1.73. The fraction of sp³-hybridized carbons (Fsp3) is 0.357. The van der Waals surface area contributed by atoms with Gasteiger partial charge in [0.1, 0.15) is 0 Å². The molecular weight excluding hydrogens is 380 g/mol. The van der Waals surface area contributed by atoms with Gasteiger partial charge < -0.3 is 0 Å². The zero-order chi connectivity index (χ0) is 18.8. The summed E-state index contributed by atoms with van der Waals surface area (Å²) in [6.07, 6.45) is 0.574. The van der Waals surface area contributed by atoms with Crippen LogP contribution in [0.4, 0.5) is 0 Å². The third-order valence-electron chi connectivity index (χ3n) is 4.13. The van der Waals surface area contributed by atoms with E-state index in [0.717, 1.165) is 5.41 Å². The number of tetrazole rings is 1. The molecule has 1 unspecified atom stereocenters. The van der Waals surface area contributed by atoms with Gasteiger partial charge in [0.25, 0.3) is 0 Å². The van der Waals surface area contributed by atoms with Gasteiger partial charge in [0.2, 0.25) is 20.0 Å². The summed E-state index contributed by atoms with van der Waals surface area (Å²) >= 11 is 0. The first kappa shape index (κ1) is 18.6. The van der Waals surface area contributed by atoms with Gasteiger partial charge in [-0.2, -0.15) is 4.31 Å². The Kier molecular flexibility index (Phi) is 5.18. The van der Waals surface area contributed by atoms with E-state index in [1.54, 1.807) is 12.1 Å². The molecule has 2 aromatic rings. The third-order valence-corrected chi connectivity index (χ3v) is 7.00. The molecular formula is C14H18N6O4S2. The number of sulfonamides is 2. The minimum Gasteiger partial charge on any atom is -0.239 e. The molecule has 2 heterocycles. The average Bonchev–Trinajstić information content (AvgIpc) is 3.32. The Labute approximate surface area is 151 Å². The number of aromatic amines is 1. The number of hydrogen-bond donors (Lipinski definition) is 2. The molecule has 0 saturated carbocycles. The third kappa shape index (κ3) is 3.98. The summed E-state index contributed by atoms with van der Waals surface area (Å²) in [5.41, 5.74) is 0.561. The summed E-state index contributed by atoms with van der Waals surface area (Å²) in [4.78, 5) is 0.138. The van der Waals surface area contributed by atoms with E-state index in [1.807, 2.05) is 0 Å². The monoisotopic (exact) mass is 398 g/mol. The zero-order valence-electron chi connectivity index (χ0n) is 13.7. The van der Waals surface area contributed by atoms with Gasteiger partial charge in [-0.05, 0) is 34.9 Å². The van der Waals surface area contributed by atoms with Crippen LogP contribution in [0.2, 0.25) is 0 Å². The van der Waals surface area contributed by atoms with Crippen LogP contribution >= 0.6 is 0 Å².